The van der Waals surface area contributed by atoms with E-state index in [1.54, 1.807) is 0 Å². The summed E-state index contributed by atoms with van der Waals surface area (Å²) in [6.07, 6.45) is -0.858. The fraction of sp³-hybridized carbons (Fsp3) is 0.500. The third-order valence-corrected chi connectivity index (χ3v) is 4.54. The summed E-state index contributed by atoms with van der Waals surface area (Å²) < 4.78 is 23.1. The number of nitrogens with zero attached hydrogens (tertiary/aromatic N) is 4. The van der Waals surface area contributed by atoms with Crippen LogP contribution in [-0.4, -0.2) is 62.8 Å². The second-order valence-electron chi connectivity index (χ2n) is 6.18. The largest absolute Gasteiger partial charge is 0.461 e. The van der Waals surface area contributed by atoms with Gasteiger partial charge in [0.2, 0.25) is 11.0 Å². The minimum absolute atomic E-state index is 0.0139. The minimum atomic E-state index is -1.65. The molecule has 3 atom stereocenters. The summed E-state index contributed by atoms with van der Waals surface area (Å²) >= 11 is 12.0. The van der Waals surface area contributed by atoms with E-state index < -0.39 is 42.4 Å². The maximum absolute atomic E-state index is 11.8. The minimum Gasteiger partial charge on any atom is -0.461 e. The number of rotatable bonds is 5. The van der Waals surface area contributed by atoms with Gasteiger partial charge in [-0.25, -0.2) is 9.97 Å². The zero-order chi connectivity index (χ0) is 21.3. The zero-order valence-corrected chi connectivity index (χ0v) is 17.1. The number of hydrogen-bond acceptors (Lipinski definition) is 10. The second-order valence-corrected chi connectivity index (χ2v) is 6.88. The van der Waals surface area contributed by atoms with Gasteiger partial charge in [0.25, 0.3) is 0 Å². The maximum Gasteiger partial charge on any atom is 0.303 e. The molecule has 0 bridgehead atoms. The van der Waals surface area contributed by atoms with Crippen molar-refractivity contribution in [3.63, 3.8) is 0 Å². The van der Waals surface area contributed by atoms with Crippen molar-refractivity contribution in [2.75, 3.05) is 13.2 Å². The van der Waals surface area contributed by atoms with Gasteiger partial charge in [0.05, 0.1) is 12.9 Å². The molecule has 0 radical (unpaired) electrons. The first kappa shape index (κ1) is 21.2. The molecule has 0 aliphatic carbocycles. The Morgan fingerprint density at radius 3 is 2.48 bits per heavy atom. The lowest BCUT2D eigenvalue weighted by Crippen LogP contribution is -2.52. The van der Waals surface area contributed by atoms with Gasteiger partial charge >= 0.3 is 17.9 Å². The van der Waals surface area contributed by atoms with E-state index in [9.17, 15) is 14.4 Å². The third kappa shape index (κ3) is 4.11. The average Bonchev–Trinajstić information content (AvgIpc) is 3.16. The van der Waals surface area contributed by atoms with E-state index in [4.69, 9.17) is 42.1 Å². The van der Waals surface area contributed by atoms with Crippen LogP contribution in [0.5, 0.6) is 0 Å². The Bertz CT molecular complexity index is 982. The van der Waals surface area contributed by atoms with Gasteiger partial charge in [-0.05, 0) is 11.6 Å². The molecule has 1 fully saturated rings. The summed E-state index contributed by atoms with van der Waals surface area (Å²) in [4.78, 5) is 46.9. The molecule has 0 aromatic carbocycles. The molecule has 3 heterocycles. The number of aromatic nitrogens is 4. The molecular formula is C16H16Cl2N4O7. The number of carbonyl (C=O) groups excluding carboxylic acids is 3. The van der Waals surface area contributed by atoms with Gasteiger partial charge in [0.1, 0.15) is 12.1 Å². The summed E-state index contributed by atoms with van der Waals surface area (Å²) in [6, 6.07) is 0. The standard InChI is InChI=1S/C16H16Cl2N4O7/c1-7(23)26-5-16(12(29-9(3)25)10(4-27-16)28-8(2)24)22-6-19-11-13(17)20-15(18)21-14(11)22/h6,10,12H,4-5H2,1-3H3/t10-,12-,16-/m1/s1. The number of carbonyl (C=O) groups is 3. The van der Waals surface area contributed by atoms with Crippen LogP contribution in [0.1, 0.15) is 20.8 Å². The quantitative estimate of drug-likeness (QED) is 0.285. The summed E-state index contributed by atoms with van der Waals surface area (Å²) in [6.45, 7) is 3.04. The van der Waals surface area contributed by atoms with Gasteiger partial charge < -0.3 is 18.9 Å². The predicted octanol–water partition coefficient (Wildman–Crippen LogP) is 1.24. The van der Waals surface area contributed by atoms with Crippen molar-refractivity contribution >= 4 is 52.3 Å². The number of halogens is 2. The van der Waals surface area contributed by atoms with Crippen molar-refractivity contribution in [2.45, 2.75) is 38.7 Å². The van der Waals surface area contributed by atoms with Gasteiger partial charge in [-0.2, -0.15) is 4.98 Å². The second kappa shape index (κ2) is 8.09. The molecule has 1 aliphatic rings. The smallest absolute Gasteiger partial charge is 0.303 e. The van der Waals surface area contributed by atoms with Crippen LogP contribution >= 0.6 is 23.2 Å². The van der Waals surface area contributed by atoms with Crippen molar-refractivity contribution in [3.05, 3.63) is 16.8 Å². The lowest BCUT2D eigenvalue weighted by molar-refractivity contribution is -0.194. The van der Waals surface area contributed by atoms with Crippen LogP contribution in [-0.2, 0) is 39.1 Å². The molecule has 0 spiro atoms. The molecule has 13 heteroatoms. The van der Waals surface area contributed by atoms with E-state index >= 15 is 0 Å². The predicted molar refractivity (Wildman–Crippen MR) is 97.0 cm³/mol. The van der Waals surface area contributed by atoms with Crippen molar-refractivity contribution < 1.29 is 33.3 Å². The van der Waals surface area contributed by atoms with Crippen LogP contribution in [0.3, 0.4) is 0 Å². The lowest BCUT2D eigenvalue weighted by Gasteiger charge is -2.34. The lowest BCUT2D eigenvalue weighted by atomic mass is 10.0. The first-order valence-corrected chi connectivity index (χ1v) is 9.08. The van der Waals surface area contributed by atoms with Crippen LogP contribution in [0, 0.1) is 0 Å². The molecule has 3 rings (SSSR count). The molecule has 29 heavy (non-hydrogen) atoms. The van der Waals surface area contributed by atoms with Crippen LogP contribution in [0.25, 0.3) is 11.2 Å². The Morgan fingerprint density at radius 1 is 1.17 bits per heavy atom. The topological polar surface area (TPSA) is 132 Å². The molecule has 1 saturated heterocycles. The Morgan fingerprint density at radius 2 is 1.86 bits per heavy atom. The zero-order valence-electron chi connectivity index (χ0n) is 15.5. The Balaban J connectivity index is 2.18. The van der Waals surface area contributed by atoms with Gasteiger partial charge in [-0.1, -0.05) is 11.6 Å². The molecule has 0 N–H and O–H groups in total. The number of hydrogen-bond donors (Lipinski definition) is 0. The van der Waals surface area contributed by atoms with E-state index in [2.05, 4.69) is 15.0 Å². The van der Waals surface area contributed by atoms with Gasteiger partial charge in [0, 0.05) is 20.8 Å². The molecule has 0 saturated carbocycles. The molecule has 2 aromatic heterocycles. The molecule has 156 valence electrons. The highest BCUT2D eigenvalue weighted by molar-refractivity contribution is 6.35. The first-order valence-electron chi connectivity index (χ1n) is 8.32. The van der Waals surface area contributed by atoms with E-state index in [-0.39, 0.29) is 28.2 Å². The third-order valence-electron chi connectivity index (χ3n) is 4.11. The average molecular weight is 447 g/mol. The molecule has 2 aromatic rings. The van der Waals surface area contributed by atoms with Crippen molar-refractivity contribution in [1.29, 1.82) is 0 Å². The van der Waals surface area contributed by atoms with E-state index in [0.29, 0.717) is 0 Å². The van der Waals surface area contributed by atoms with Crippen LogP contribution < -0.4 is 0 Å². The first-order chi connectivity index (χ1) is 13.6. The number of fused-ring (bicyclic) bond motifs is 1. The SMILES string of the molecule is CC(=O)OC[C@@]1(n2cnc3c(Cl)nc(Cl)nc32)OC[C@@H](OC(C)=O)[C@H]1OC(C)=O. The summed E-state index contributed by atoms with van der Waals surface area (Å²) in [5.41, 5.74) is -1.31. The van der Waals surface area contributed by atoms with Crippen molar-refractivity contribution in [2.24, 2.45) is 0 Å². The number of esters is 3. The fourth-order valence-corrected chi connectivity index (χ4v) is 3.49. The molecule has 0 unspecified atom stereocenters. The Hall–Kier alpha value is -2.50. The molecule has 1 aliphatic heterocycles. The molecule has 11 nitrogen and oxygen atoms in total. The highest BCUT2D eigenvalue weighted by atomic mass is 35.5. The summed E-state index contributed by atoms with van der Waals surface area (Å²) in [7, 11) is 0. The number of imidazole rings is 1. The van der Waals surface area contributed by atoms with E-state index in [1.165, 1.54) is 31.7 Å². The monoisotopic (exact) mass is 446 g/mol. The van der Waals surface area contributed by atoms with Gasteiger partial charge in [0.15, 0.2) is 23.0 Å². The molecule has 0 amide bonds. The van der Waals surface area contributed by atoms with Crippen molar-refractivity contribution in [1.82, 2.24) is 19.5 Å². The fourth-order valence-electron chi connectivity index (χ4n) is 3.06. The van der Waals surface area contributed by atoms with Gasteiger partial charge in [-0.15, -0.1) is 0 Å². The van der Waals surface area contributed by atoms with Crippen LogP contribution in [0.15, 0.2) is 6.33 Å². The van der Waals surface area contributed by atoms with Crippen LogP contribution in [0.2, 0.25) is 10.4 Å². The summed E-state index contributed by atoms with van der Waals surface area (Å²) in [5.74, 6) is -1.89. The highest BCUT2D eigenvalue weighted by Gasteiger charge is 2.57. The maximum atomic E-state index is 11.8. The van der Waals surface area contributed by atoms with Gasteiger partial charge in [-0.3, -0.25) is 19.0 Å². The van der Waals surface area contributed by atoms with E-state index in [0.717, 1.165) is 0 Å². The highest BCUT2D eigenvalue weighted by Crippen LogP contribution is 2.38. The normalized spacial score (nSPS) is 23.8. The Labute approximate surface area is 174 Å². The molecular weight excluding hydrogens is 431 g/mol. The Kier molecular flexibility index (Phi) is 5.92. The van der Waals surface area contributed by atoms with E-state index in [1.807, 2.05) is 0 Å². The van der Waals surface area contributed by atoms with Crippen LogP contribution in [0.4, 0.5) is 0 Å². The summed E-state index contributed by atoms with van der Waals surface area (Å²) in [5, 5.41) is -0.176. The number of ether oxygens (including phenoxy) is 4. The van der Waals surface area contributed by atoms with Crippen molar-refractivity contribution in [3.8, 4) is 0 Å².